The van der Waals surface area contributed by atoms with Crippen LogP contribution in [-0.2, 0) is 9.84 Å². The summed E-state index contributed by atoms with van der Waals surface area (Å²) in [6, 6.07) is 0. The highest BCUT2D eigenvalue weighted by molar-refractivity contribution is 4.48. The van der Waals surface area contributed by atoms with Crippen LogP contribution in [0.4, 0.5) is 0 Å². The molecule has 1 atom stereocenters. The van der Waals surface area contributed by atoms with E-state index in [1.165, 1.54) is 0 Å². The van der Waals surface area contributed by atoms with E-state index in [9.17, 15) is 5.11 Å². The maximum absolute atomic E-state index is 11.0. The van der Waals surface area contributed by atoms with E-state index in [0.29, 0.717) is 24.9 Å². The molecule has 0 aromatic carbocycles. The minimum absolute atomic E-state index is 0.435. The molecule has 0 aliphatic heterocycles. The molecule has 0 aromatic rings. The molecule has 0 aromatic heterocycles. The van der Waals surface area contributed by atoms with Crippen LogP contribution >= 0.6 is 0 Å². The lowest BCUT2D eigenvalue weighted by Gasteiger charge is -2.13. The van der Waals surface area contributed by atoms with Crippen LogP contribution in [0.15, 0.2) is 0 Å². The molecular formula is C9H19O2. The Morgan fingerprint density at radius 1 is 1.09 bits per heavy atom. The van der Waals surface area contributed by atoms with Gasteiger partial charge in [0.1, 0.15) is 0 Å². The van der Waals surface area contributed by atoms with Gasteiger partial charge in [0.25, 0.3) is 0 Å². The minimum Gasteiger partial charge on any atom is -0.349 e. The second kappa shape index (κ2) is 5.56. The van der Waals surface area contributed by atoms with Crippen molar-refractivity contribution in [3.63, 3.8) is 0 Å². The lowest BCUT2D eigenvalue weighted by molar-refractivity contribution is -0.154. The van der Waals surface area contributed by atoms with Crippen LogP contribution in [0, 0.1) is 11.8 Å². The highest BCUT2D eigenvalue weighted by Gasteiger charge is 2.08. The zero-order valence-electron chi connectivity index (χ0n) is 7.96. The van der Waals surface area contributed by atoms with E-state index in [-0.39, 0.29) is 0 Å². The van der Waals surface area contributed by atoms with E-state index < -0.39 is 6.29 Å². The van der Waals surface area contributed by atoms with Crippen LogP contribution < -0.4 is 0 Å². The summed E-state index contributed by atoms with van der Waals surface area (Å²) in [5, 5.41) is 11.0. The van der Waals surface area contributed by atoms with Gasteiger partial charge < -0.3 is 4.74 Å². The Morgan fingerprint density at radius 2 is 1.64 bits per heavy atom. The molecule has 0 aliphatic carbocycles. The molecule has 67 valence electrons. The average Bonchev–Trinajstić information content (AvgIpc) is 1.82. The second-order valence-electron chi connectivity index (χ2n) is 3.79. The monoisotopic (exact) mass is 159 g/mol. The third-order valence-electron chi connectivity index (χ3n) is 1.28. The van der Waals surface area contributed by atoms with Gasteiger partial charge in [0.2, 0.25) is 0 Å². The summed E-state index contributed by atoms with van der Waals surface area (Å²) in [5.74, 6) is 0.892. The Balaban J connectivity index is 3.29. The van der Waals surface area contributed by atoms with Crippen molar-refractivity contribution >= 4 is 0 Å². The van der Waals surface area contributed by atoms with Crippen LogP contribution in [0.2, 0.25) is 0 Å². The lowest BCUT2D eigenvalue weighted by atomic mass is 10.1. The minimum atomic E-state index is -0.822. The first-order valence-electron chi connectivity index (χ1n) is 4.29. The third-order valence-corrected chi connectivity index (χ3v) is 1.28. The highest BCUT2D eigenvalue weighted by atomic mass is 16.6. The van der Waals surface area contributed by atoms with Crippen LogP contribution in [0.25, 0.3) is 0 Å². The summed E-state index contributed by atoms with van der Waals surface area (Å²) < 4.78 is 5.06. The fourth-order valence-electron chi connectivity index (χ4n) is 0.753. The Labute approximate surface area is 69.6 Å². The van der Waals surface area contributed by atoms with Crippen molar-refractivity contribution in [2.75, 3.05) is 6.61 Å². The fourth-order valence-corrected chi connectivity index (χ4v) is 0.753. The third kappa shape index (κ3) is 7.82. The molecule has 1 radical (unpaired) electrons. The maximum Gasteiger partial charge on any atom is 0.191 e. The summed E-state index contributed by atoms with van der Waals surface area (Å²) in [6.45, 7) is 8.73. The van der Waals surface area contributed by atoms with Gasteiger partial charge >= 0.3 is 0 Å². The van der Waals surface area contributed by atoms with Crippen LogP contribution in [0.1, 0.15) is 34.1 Å². The van der Waals surface area contributed by atoms with Crippen LogP contribution in [0.5, 0.6) is 0 Å². The Morgan fingerprint density at radius 3 is 2.00 bits per heavy atom. The summed E-state index contributed by atoms with van der Waals surface area (Å²) in [7, 11) is 0. The molecule has 0 rings (SSSR count). The van der Waals surface area contributed by atoms with E-state index in [4.69, 9.17) is 4.74 Å². The van der Waals surface area contributed by atoms with Gasteiger partial charge in [-0.2, -0.15) is 0 Å². The van der Waals surface area contributed by atoms with E-state index in [1.807, 2.05) is 27.7 Å². The normalized spacial score (nSPS) is 14.5. The molecule has 0 saturated carbocycles. The van der Waals surface area contributed by atoms with Gasteiger partial charge in [0.05, 0.1) is 6.61 Å². The lowest BCUT2D eigenvalue weighted by Crippen LogP contribution is -2.16. The summed E-state index contributed by atoms with van der Waals surface area (Å²) in [4.78, 5) is 0. The highest BCUT2D eigenvalue weighted by Crippen LogP contribution is 2.07. The molecule has 0 amide bonds. The molecule has 0 heterocycles. The second-order valence-corrected chi connectivity index (χ2v) is 3.79. The Bertz CT molecular complexity index is 89.6. The number of hydrogen-bond acceptors (Lipinski definition) is 1. The number of rotatable bonds is 5. The quantitative estimate of drug-likeness (QED) is 0.566. The van der Waals surface area contributed by atoms with Gasteiger partial charge in [0, 0.05) is 6.42 Å². The van der Waals surface area contributed by atoms with Gasteiger partial charge in [-0.05, 0) is 11.8 Å². The van der Waals surface area contributed by atoms with Crippen molar-refractivity contribution in [2.45, 2.75) is 40.4 Å². The molecule has 11 heavy (non-hydrogen) atoms. The van der Waals surface area contributed by atoms with E-state index in [0.717, 1.165) is 0 Å². The standard InChI is InChI=1S/C9H19O2/c1-7(2)5-9(10)11-6-8(3)4/h7-9H,5-6H2,1-4H3. The van der Waals surface area contributed by atoms with E-state index >= 15 is 0 Å². The molecule has 0 spiro atoms. The summed E-state index contributed by atoms with van der Waals surface area (Å²) >= 11 is 0. The fraction of sp³-hybridized carbons (Fsp3) is 1.00. The van der Waals surface area contributed by atoms with Gasteiger partial charge in [-0.3, -0.25) is 0 Å². The first-order chi connectivity index (χ1) is 5.02. The summed E-state index contributed by atoms with van der Waals surface area (Å²) in [5.41, 5.74) is 0. The SMILES string of the molecule is CC(C)COC([O])CC(C)C. The van der Waals surface area contributed by atoms with Crippen molar-refractivity contribution in [2.24, 2.45) is 11.8 Å². The van der Waals surface area contributed by atoms with Gasteiger partial charge in [0.15, 0.2) is 6.29 Å². The maximum atomic E-state index is 11.0. The average molecular weight is 159 g/mol. The van der Waals surface area contributed by atoms with Crippen LogP contribution in [0.3, 0.4) is 0 Å². The topological polar surface area (TPSA) is 29.1 Å². The zero-order valence-corrected chi connectivity index (χ0v) is 7.96. The van der Waals surface area contributed by atoms with E-state index in [1.54, 1.807) is 0 Å². The van der Waals surface area contributed by atoms with Crippen LogP contribution in [-0.4, -0.2) is 12.9 Å². The summed E-state index contributed by atoms with van der Waals surface area (Å²) in [6.07, 6.45) is -0.204. The molecule has 0 aliphatic rings. The molecule has 0 fully saturated rings. The molecular weight excluding hydrogens is 140 g/mol. The van der Waals surface area contributed by atoms with Crippen molar-refractivity contribution < 1.29 is 9.84 Å². The molecule has 0 saturated heterocycles. The Hall–Kier alpha value is -0.0800. The molecule has 0 bridgehead atoms. The molecule has 0 N–H and O–H groups in total. The van der Waals surface area contributed by atoms with E-state index in [2.05, 4.69) is 0 Å². The zero-order chi connectivity index (χ0) is 8.85. The first kappa shape index (κ1) is 10.9. The Kier molecular flexibility index (Phi) is 5.51. The van der Waals surface area contributed by atoms with Crippen molar-refractivity contribution in [1.82, 2.24) is 0 Å². The number of ether oxygens (including phenoxy) is 1. The number of hydrogen-bond donors (Lipinski definition) is 0. The van der Waals surface area contributed by atoms with Crippen molar-refractivity contribution in [3.8, 4) is 0 Å². The molecule has 2 nitrogen and oxygen atoms in total. The van der Waals surface area contributed by atoms with Crippen molar-refractivity contribution in [1.29, 1.82) is 0 Å². The predicted octanol–water partition coefficient (Wildman–Crippen LogP) is 2.46. The van der Waals surface area contributed by atoms with Gasteiger partial charge in [-0.25, -0.2) is 5.11 Å². The predicted molar refractivity (Wildman–Crippen MR) is 44.7 cm³/mol. The first-order valence-corrected chi connectivity index (χ1v) is 4.29. The van der Waals surface area contributed by atoms with Gasteiger partial charge in [-0.1, -0.05) is 27.7 Å². The van der Waals surface area contributed by atoms with Crippen molar-refractivity contribution in [3.05, 3.63) is 0 Å². The smallest absolute Gasteiger partial charge is 0.191 e. The largest absolute Gasteiger partial charge is 0.349 e. The molecule has 1 unspecified atom stereocenters. The molecule has 2 heteroatoms. The van der Waals surface area contributed by atoms with Gasteiger partial charge in [-0.15, -0.1) is 0 Å².